The summed E-state index contributed by atoms with van der Waals surface area (Å²) in [5.74, 6) is 2.39. The van der Waals surface area contributed by atoms with Gasteiger partial charge in [-0.1, -0.05) is 31.9 Å². The monoisotopic (exact) mass is 364 g/mol. The summed E-state index contributed by atoms with van der Waals surface area (Å²) in [6.07, 6.45) is 5.39. The quantitative estimate of drug-likeness (QED) is 0.833. The number of nitrogens with zero attached hydrogens (tertiary/aromatic N) is 1. The molecule has 0 bridgehead atoms. The number of hydrogen-bond donors (Lipinski definition) is 1. The van der Waals surface area contributed by atoms with Gasteiger partial charge in [0, 0.05) is 43.1 Å². The summed E-state index contributed by atoms with van der Waals surface area (Å²) in [4.78, 5) is 15.1. The lowest BCUT2D eigenvalue weighted by atomic mass is 9.93. The minimum Gasteiger partial charge on any atom is -0.354 e. The first-order valence-electron chi connectivity index (χ1n) is 9.44. The van der Waals surface area contributed by atoms with Crippen LogP contribution in [0.2, 0.25) is 0 Å². The van der Waals surface area contributed by atoms with E-state index < -0.39 is 0 Å². The molecule has 0 spiro atoms. The lowest BCUT2D eigenvalue weighted by Gasteiger charge is -2.43. The first-order valence-corrected chi connectivity index (χ1v) is 10.6. The van der Waals surface area contributed by atoms with Crippen molar-refractivity contribution in [1.82, 2.24) is 10.2 Å². The summed E-state index contributed by atoms with van der Waals surface area (Å²) in [5, 5.41) is 3.21. The molecule has 0 aromatic heterocycles. The average Bonchev–Trinajstić information content (AvgIpc) is 3.11. The van der Waals surface area contributed by atoms with E-state index in [2.05, 4.69) is 10.2 Å². The standard InChI is InChI=1S/C20H29FN2OS/c1-16(17-4-6-18(21)7-5-17)14-19(24)22-15-20(8-2-3-9-20)23-10-12-25-13-11-23/h4-7,16H,2-3,8-15H2,1H3,(H,22,24). The molecule has 1 aromatic carbocycles. The van der Waals surface area contributed by atoms with Crippen LogP contribution in [0.1, 0.15) is 50.5 Å². The summed E-state index contributed by atoms with van der Waals surface area (Å²) in [6, 6.07) is 6.48. The Balaban J connectivity index is 1.53. The van der Waals surface area contributed by atoms with E-state index in [0.29, 0.717) is 6.42 Å². The fraction of sp³-hybridized carbons (Fsp3) is 0.650. The number of rotatable bonds is 6. The van der Waals surface area contributed by atoms with E-state index in [-0.39, 0.29) is 23.2 Å². The van der Waals surface area contributed by atoms with E-state index in [9.17, 15) is 9.18 Å². The van der Waals surface area contributed by atoms with Crippen LogP contribution in [0, 0.1) is 5.82 Å². The lowest BCUT2D eigenvalue weighted by Crippen LogP contribution is -2.56. The van der Waals surface area contributed by atoms with Gasteiger partial charge in [0.2, 0.25) is 5.91 Å². The molecule has 1 unspecified atom stereocenters. The van der Waals surface area contributed by atoms with Crippen LogP contribution in [0.15, 0.2) is 24.3 Å². The molecule has 1 aromatic rings. The summed E-state index contributed by atoms with van der Waals surface area (Å²) in [5.41, 5.74) is 1.19. The molecule has 2 aliphatic rings. The maximum absolute atomic E-state index is 13.0. The molecule has 2 fully saturated rings. The van der Waals surface area contributed by atoms with Gasteiger partial charge in [-0.05, 0) is 36.5 Å². The maximum atomic E-state index is 13.0. The summed E-state index contributed by atoms with van der Waals surface area (Å²) in [7, 11) is 0. The Kier molecular flexibility index (Phi) is 6.39. The van der Waals surface area contributed by atoms with Crippen LogP contribution in [-0.4, -0.2) is 47.5 Å². The first-order chi connectivity index (χ1) is 12.1. The minimum atomic E-state index is -0.233. The highest BCUT2D eigenvalue weighted by Gasteiger charge is 2.40. The van der Waals surface area contributed by atoms with Crippen LogP contribution >= 0.6 is 11.8 Å². The fourth-order valence-electron chi connectivity index (χ4n) is 4.20. The molecule has 1 heterocycles. The molecular weight excluding hydrogens is 335 g/mol. The number of benzene rings is 1. The van der Waals surface area contributed by atoms with Crippen molar-refractivity contribution in [1.29, 1.82) is 0 Å². The smallest absolute Gasteiger partial charge is 0.220 e. The van der Waals surface area contributed by atoms with Crippen molar-refractivity contribution < 1.29 is 9.18 Å². The first kappa shape index (κ1) is 18.7. The van der Waals surface area contributed by atoms with Crippen LogP contribution in [0.5, 0.6) is 0 Å². The Bertz CT molecular complexity index is 566. The highest BCUT2D eigenvalue weighted by Crippen LogP contribution is 2.36. The van der Waals surface area contributed by atoms with Crippen molar-refractivity contribution in [2.45, 2.75) is 50.5 Å². The van der Waals surface area contributed by atoms with Gasteiger partial charge in [-0.15, -0.1) is 0 Å². The van der Waals surface area contributed by atoms with Gasteiger partial charge in [-0.3, -0.25) is 9.69 Å². The molecule has 3 rings (SSSR count). The van der Waals surface area contributed by atoms with Crippen molar-refractivity contribution in [3.05, 3.63) is 35.6 Å². The van der Waals surface area contributed by atoms with Crippen LogP contribution in [0.25, 0.3) is 0 Å². The molecule has 1 atom stereocenters. The van der Waals surface area contributed by atoms with E-state index >= 15 is 0 Å². The van der Waals surface area contributed by atoms with Gasteiger partial charge in [0.05, 0.1) is 0 Å². The fourth-order valence-corrected chi connectivity index (χ4v) is 5.10. The van der Waals surface area contributed by atoms with Gasteiger partial charge in [0.15, 0.2) is 0 Å². The Hall–Kier alpha value is -1.07. The molecule has 1 N–H and O–H groups in total. The largest absolute Gasteiger partial charge is 0.354 e. The second-order valence-electron chi connectivity index (χ2n) is 7.46. The number of carbonyl (C=O) groups excluding carboxylic acids is 1. The number of carbonyl (C=O) groups is 1. The normalized spacial score (nSPS) is 21.8. The van der Waals surface area contributed by atoms with Crippen molar-refractivity contribution in [2.24, 2.45) is 0 Å². The zero-order valence-electron chi connectivity index (χ0n) is 15.1. The molecule has 3 nitrogen and oxygen atoms in total. The van der Waals surface area contributed by atoms with Crippen molar-refractivity contribution >= 4 is 17.7 Å². The number of hydrogen-bond acceptors (Lipinski definition) is 3. The van der Waals surface area contributed by atoms with Crippen molar-refractivity contribution in [3.63, 3.8) is 0 Å². The van der Waals surface area contributed by atoms with E-state index in [4.69, 9.17) is 0 Å². The molecular formula is C20H29FN2OS. The number of nitrogens with one attached hydrogen (secondary N) is 1. The minimum absolute atomic E-state index is 0.103. The summed E-state index contributed by atoms with van der Waals surface area (Å²) in [6.45, 7) is 5.09. The molecule has 138 valence electrons. The Labute approximate surface area is 154 Å². The SMILES string of the molecule is CC(CC(=O)NCC1(N2CCSCC2)CCCC1)c1ccc(F)cc1. The third-order valence-corrected chi connectivity index (χ3v) is 6.70. The predicted molar refractivity (Wildman–Crippen MR) is 103 cm³/mol. The molecule has 1 saturated heterocycles. The number of amides is 1. The number of thioether (sulfide) groups is 1. The van der Waals surface area contributed by atoms with Gasteiger partial charge in [0.25, 0.3) is 0 Å². The second kappa shape index (κ2) is 8.54. The van der Waals surface area contributed by atoms with E-state index in [1.54, 1.807) is 12.1 Å². The van der Waals surface area contributed by atoms with Crippen molar-refractivity contribution in [2.75, 3.05) is 31.1 Å². The molecule has 1 saturated carbocycles. The highest BCUT2D eigenvalue weighted by molar-refractivity contribution is 7.99. The molecule has 1 aliphatic carbocycles. The highest BCUT2D eigenvalue weighted by atomic mass is 32.2. The van der Waals surface area contributed by atoms with E-state index in [1.807, 2.05) is 18.7 Å². The van der Waals surface area contributed by atoms with Crippen LogP contribution < -0.4 is 5.32 Å². The van der Waals surface area contributed by atoms with Gasteiger partial charge in [-0.25, -0.2) is 4.39 Å². The zero-order chi connectivity index (χ0) is 17.7. The number of halogens is 1. The van der Waals surface area contributed by atoms with Crippen molar-refractivity contribution in [3.8, 4) is 0 Å². The second-order valence-corrected chi connectivity index (χ2v) is 8.69. The van der Waals surface area contributed by atoms with Crippen LogP contribution in [0.4, 0.5) is 4.39 Å². The Morgan fingerprint density at radius 2 is 1.88 bits per heavy atom. The molecule has 1 amide bonds. The topological polar surface area (TPSA) is 32.3 Å². The third kappa shape index (κ3) is 4.76. The van der Waals surface area contributed by atoms with Gasteiger partial charge in [-0.2, -0.15) is 11.8 Å². The van der Waals surface area contributed by atoms with Crippen LogP contribution in [-0.2, 0) is 4.79 Å². The molecule has 1 aliphatic heterocycles. The van der Waals surface area contributed by atoms with Gasteiger partial charge < -0.3 is 5.32 Å². The lowest BCUT2D eigenvalue weighted by molar-refractivity contribution is -0.122. The third-order valence-electron chi connectivity index (χ3n) is 5.76. The summed E-state index contributed by atoms with van der Waals surface area (Å²) < 4.78 is 13.0. The maximum Gasteiger partial charge on any atom is 0.220 e. The van der Waals surface area contributed by atoms with E-state index in [1.165, 1.54) is 49.3 Å². The Morgan fingerprint density at radius 1 is 1.24 bits per heavy atom. The average molecular weight is 365 g/mol. The van der Waals surface area contributed by atoms with Gasteiger partial charge >= 0.3 is 0 Å². The van der Waals surface area contributed by atoms with Crippen LogP contribution in [0.3, 0.4) is 0 Å². The predicted octanol–water partition coefficient (Wildman–Crippen LogP) is 3.80. The van der Waals surface area contributed by atoms with Gasteiger partial charge in [0.1, 0.15) is 5.82 Å². The van der Waals surface area contributed by atoms with E-state index in [0.717, 1.165) is 25.2 Å². The Morgan fingerprint density at radius 3 is 2.52 bits per heavy atom. The summed E-state index contributed by atoms with van der Waals surface area (Å²) >= 11 is 2.03. The molecule has 25 heavy (non-hydrogen) atoms. The molecule has 0 radical (unpaired) electrons. The molecule has 5 heteroatoms. The zero-order valence-corrected chi connectivity index (χ0v) is 15.9.